The van der Waals surface area contributed by atoms with E-state index in [9.17, 15) is 4.39 Å². The zero-order valence-corrected chi connectivity index (χ0v) is 14.3. The SMILES string of the molecule is CCCNc1ccc(CNc2ncnc3cc(F)c(OC)cc23)cc1. The van der Waals surface area contributed by atoms with Gasteiger partial charge in [-0.25, -0.2) is 14.4 Å². The molecule has 130 valence electrons. The molecule has 0 spiro atoms. The monoisotopic (exact) mass is 340 g/mol. The van der Waals surface area contributed by atoms with Gasteiger partial charge in [0.05, 0.1) is 12.6 Å². The average Bonchev–Trinajstić information content (AvgIpc) is 2.64. The lowest BCUT2D eigenvalue weighted by Gasteiger charge is -2.11. The molecule has 0 radical (unpaired) electrons. The van der Waals surface area contributed by atoms with E-state index in [0.717, 1.165) is 29.6 Å². The Kier molecular flexibility index (Phi) is 5.28. The van der Waals surface area contributed by atoms with E-state index in [0.29, 0.717) is 17.9 Å². The molecule has 2 aromatic carbocycles. The first-order chi connectivity index (χ1) is 12.2. The zero-order valence-electron chi connectivity index (χ0n) is 14.3. The summed E-state index contributed by atoms with van der Waals surface area (Å²) in [4.78, 5) is 8.39. The van der Waals surface area contributed by atoms with Crippen molar-refractivity contribution in [1.29, 1.82) is 0 Å². The number of aromatic nitrogens is 2. The van der Waals surface area contributed by atoms with Crippen molar-refractivity contribution in [3.8, 4) is 5.75 Å². The van der Waals surface area contributed by atoms with Crippen molar-refractivity contribution >= 4 is 22.4 Å². The maximum Gasteiger partial charge on any atom is 0.167 e. The summed E-state index contributed by atoms with van der Waals surface area (Å²) < 4.78 is 18.9. The van der Waals surface area contributed by atoms with Gasteiger partial charge in [-0.1, -0.05) is 19.1 Å². The van der Waals surface area contributed by atoms with Gasteiger partial charge in [0.1, 0.15) is 12.1 Å². The summed E-state index contributed by atoms with van der Waals surface area (Å²) >= 11 is 0. The van der Waals surface area contributed by atoms with Gasteiger partial charge in [0.25, 0.3) is 0 Å². The Morgan fingerprint density at radius 3 is 2.60 bits per heavy atom. The molecule has 3 aromatic rings. The second-order valence-electron chi connectivity index (χ2n) is 5.70. The third-order valence-corrected chi connectivity index (χ3v) is 3.90. The summed E-state index contributed by atoms with van der Waals surface area (Å²) in [6.07, 6.45) is 2.52. The lowest BCUT2D eigenvalue weighted by Crippen LogP contribution is -2.04. The second-order valence-corrected chi connectivity index (χ2v) is 5.70. The van der Waals surface area contributed by atoms with E-state index >= 15 is 0 Å². The quantitative estimate of drug-likeness (QED) is 0.675. The van der Waals surface area contributed by atoms with Crippen LogP contribution in [0.5, 0.6) is 5.75 Å². The predicted octanol–water partition coefficient (Wildman–Crippen LogP) is 4.21. The molecule has 0 atom stereocenters. The van der Waals surface area contributed by atoms with Crippen LogP contribution >= 0.6 is 0 Å². The molecule has 0 saturated carbocycles. The van der Waals surface area contributed by atoms with E-state index in [2.05, 4.69) is 51.8 Å². The minimum absolute atomic E-state index is 0.178. The van der Waals surface area contributed by atoms with Crippen molar-refractivity contribution in [2.45, 2.75) is 19.9 Å². The van der Waals surface area contributed by atoms with Gasteiger partial charge < -0.3 is 15.4 Å². The van der Waals surface area contributed by atoms with Crippen LogP contribution in [0.3, 0.4) is 0 Å². The molecular formula is C19H21FN4O. The lowest BCUT2D eigenvalue weighted by atomic mass is 10.2. The van der Waals surface area contributed by atoms with Gasteiger partial charge in [0.15, 0.2) is 11.6 Å². The number of benzene rings is 2. The van der Waals surface area contributed by atoms with E-state index in [1.807, 2.05) is 0 Å². The summed E-state index contributed by atoms with van der Waals surface area (Å²) in [5.74, 6) is 0.392. The van der Waals surface area contributed by atoms with Crippen LogP contribution in [0.1, 0.15) is 18.9 Å². The third-order valence-electron chi connectivity index (χ3n) is 3.90. The van der Waals surface area contributed by atoms with Gasteiger partial charge in [0.2, 0.25) is 0 Å². The van der Waals surface area contributed by atoms with Gasteiger partial charge in [-0.05, 0) is 30.2 Å². The minimum atomic E-state index is -0.435. The highest BCUT2D eigenvalue weighted by Gasteiger charge is 2.10. The Bertz CT molecular complexity index is 852. The topological polar surface area (TPSA) is 59.1 Å². The van der Waals surface area contributed by atoms with Crippen LogP contribution in [0.2, 0.25) is 0 Å². The van der Waals surface area contributed by atoms with Crippen molar-refractivity contribution in [2.24, 2.45) is 0 Å². The number of fused-ring (bicyclic) bond motifs is 1. The van der Waals surface area contributed by atoms with Crippen molar-refractivity contribution in [2.75, 3.05) is 24.3 Å². The Balaban J connectivity index is 1.76. The van der Waals surface area contributed by atoms with Crippen molar-refractivity contribution < 1.29 is 9.13 Å². The van der Waals surface area contributed by atoms with Gasteiger partial charge in [0, 0.05) is 30.2 Å². The van der Waals surface area contributed by atoms with Gasteiger partial charge >= 0.3 is 0 Å². The first kappa shape index (κ1) is 17.0. The molecule has 0 aliphatic heterocycles. The molecule has 0 aliphatic rings. The number of rotatable bonds is 7. The molecule has 0 unspecified atom stereocenters. The molecular weight excluding hydrogens is 319 g/mol. The number of hydrogen-bond acceptors (Lipinski definition) is 5. The molecule has 1 aromatic heterocycles. The number of hydrogen-bond donors (Lipinski definition) is 2. The minimum Gasteiger partial charge on any atom is -0.494 e. The Morgan fingerprint density at radius 2 is 1.88 bits per heavy atom. The van der Waals surface area contributed by atoms with E-state index in [4.69, 9.17) is 4.74 Å². The maximum absolute atomic E-state index is 13.8. The molecule has 0 saturated heterocycles. The molecule has 0 bridgehead atoms. The molecule has 0 fully saturated rings. The predicted molar refractivity (Wildman–Crippen MR) is 98.6 cm³/mol. The third kappa shape index (κ3) is 3.96. The Morgan fingerprint density at radius 1 is 1.08 bits per heavy atom. The zero-order chi connectivity index (χ0) is 17.6. The largest absolute Gasteiger partial charge is 0.494 e. The number of halogens is 1. The van der Waals surface area contributed by atoms with Crippen molar-refractivity contribution in [3.05, 3.63) is 54.1 Å². The smallest absolute Gasteiger partial charge is 0.167 e. The summed E-state index contributed by atoms with van der Waals surface area (Å²) in [6, 6.07) is 11.2. The fraction of sp³-hybridized carbons (Fsp3) is 0.263. The standard InChI is InChI=1S/C19H21FN4O/c1-3-8-21-14-6-4-13(5-7-14)11-22-19-15-9-18(25-2)16(20)10-17(15)23-12-24-19/h4-7,9-10,12,21H,3,8,11H2,1-2H3,(H,22,23,24). The number of ether oxygens (including phenoxy) is 1. The molecule has 25 heavy (non-hydrogen) atoms. The molecule has 1 heterocycles. The molecule has 5 nitrogen and oxygen atoms in total. The van der Waals surface area contributed by atoms with Crippen molar-refractivity contribution in [1.82, 2.24) is 9.97 Å². The first-order valence-electron chi connectivity index (χ1n) is 8.26. The summed E-state index contributed by atoms with van der Waals surface area (Å²) in [6.45, 7) is 3.71. The normalized spacial score (nSPS) is 10.7. The molecule has 6 heteroatoms. The van der Waals surface area contributed by atoms with E-state index in [1.165, 1.54) is 19.5 Å². The number of anilines is 2. The number of methoxy groups -OCH3 is 1. The van der Waals surface area contributed by atoms with E-state index in [-0.39, 0.29) is 5.75 Å². The highest BCUT2D eigenvalue weighted by atomic mass is 19.1. The van der Waals surface area contributed by atoms with Crippen LogP contribution in [-0.4, -0.2) is 23.6 Å². The lowest BCUT2D eigenvalue weighted by molar-refractivity contribution is 0.387. The van der Waals surface area contributed by atoms with Gasteiger partial charge in [-0.15, -0.1) is 0 Å². The van der Waals surface area contributed by atoms with Crippen LogP contribution in [0.15, 0.2) is 42.7 Å². The second kappa shape index (κ2) is 7.79. The summed E-state index contributed by atoms with van der Waals surface area (Å²) in [7, 11) is 1.44. The number of nitrogens with zero attached hydrogens (tertiary/aromatic N) is 2. The van der Waals surface area contributed by atoms with E-state index in [1.54, 1.807) is 6.07 Å². The fourth-order valence-electron chi connectivity index (χ4n) is 2.55. The van der Waals surface area contributed by atoms with Crippen LogP contribution in [0.25, 0.3) is 10.9 Å². The summed E-state index contributed by atoms with van der Waals surface area (Å²) in [5, 5.41) is 7.36. The maximum atomic E-state index is 13.8. The summed E-state index contributed by atoms with van der Waals surface area (Å²) in [5.41, 5.74) is 2.77. The van der Waals surface area contributed by atoms with Gasteiger partial charge in [-0.2, -0.15) is 0 Å². The van der Waals surface area contributed by atoms with Gasteiger partial charge in [-0.3, -0.25) is 0 Å². The van der Waals surface area contributed by atoms with Crippen LogP contribution in [0.4, 0.5) is 15.9 Å². The van der Waals surface area contributed by atoms with Crippen LogP contribution in [0, 0.1) is 5.82 Å². The fourth-order valence-corrected chi connectivity index (χ4v) is 2.55. The number of nitrogens with one attached hydrogen (secondary N) is 2. The Labute approximate surface area is 146 Å². The Hall–Kier alpha value is -2.89. The highest BCUT2D eigenvalue weighted by molar-refractivity contribution is 5.90. The average molecular weight is 340 g/mol. The van der Waals surface area contributed by atoms with Crippen LogP contribution in [-0.2, 0) is 6.54 Å². The molecule has 2 N–H and O–H groups in total. The molecule has 0 aliphatic carbocycles. The molecule has 3 rings (SSSR count). The van der Waals surface area contributed by atoms with Crippen molar-refractivity contribution in [3.63, 3.8) is 0 Å². The van der Waals surface area contributed by atoms with E-state index < -0.39 is 5.82 Å². The molecule has 0 amide bonds. The highest BCUT2D eigenvalue weighted by Crippen LogP contribution is 2.27. The van der Waals surface area contributed by atoms with Crippen LogP contribution < -0.4 is 15.4 Å². The first-order valence-corrected chi connectivity index (χ1v) is 8.26.